The molecule has 0 saturated carbocycles. The van der Waals surface area contributed by atoms with Crippen LogP contribution in [-0.4, -0.2) is 17.6 Å². The van der Waals surface area contributed by atoms with Gasteiger partial charge in [0.1, 0.15) is 0 Å². The van der Waals surface area contributed by atoms with Crippen LogP contribution < -0.4 is 11.1 Å². The minimum Gasteiger partial charge on any atom is -0.481 e. The number of hydrogen-bond donors (Lipinski definition) is 3. The quantitative estimate of drug-likeness (QED) is 0.659. The normalized spacial score (nSPS) is 10.0. The predicted octanol–water partition coefficient (Wildman–Crippen LogP) is 1.77. The van der Waals surface area contributed by atoms with Crippen LogP contribution in [0.2, 0.25) is 0 Å². The summed E-state index contributed by atoms with van der Waals surface area (Å²) >= 11 is 0. The zero-order valence-corrected chi connectivity index (χ0v) is 9.00. The molecule has 0 bridgehead atoms. The van der Waals surface area contributed by atoms with Gasteiger partial charge in [-0.1, -0.05) is 0 Å². The largest absolute Gasteiger partial charge is 0.481 e. The van der Waals surface area contributed by atoms with Crippen molar-refractivity contribution in [2.24, 2.45) is 0 Å². The Hall–Kier alpha value is -1.71. The Bertz CT molecular complexity index is 352. The lowest BCUT2D eigenvalue weighted by molar-refractivity contribution is -0.136. The molecule has 4 N–H and O–H groups in total. The first-order chi connectivity index (χ1) is 7.00. The molecule has 1 rings (SSSR count). The SMILES string of the molecule is Cc1cc(NCCC(=O)O)cc(C)c1N. The van der Waals surface area contributed by atoms with Crippen molar-refractivity contribution in [1.82, 2.24) is 0 Å². The van der Waals surface area contributed by atoms with Gasteiger partial charge in [0, 0.05) is 17.9 Å². The van der Waals surface area contributed by atoms with Crippen LogP contribution in [0, 0.1) is 13.8 Å². The predicted molar refractivity (Wildman–Crippen MR) is 61.1 cm³/mol. The van der Waals surface area contributed by atoms with E-state index < -0.39 is 5.97 Å². The summed E-state index contributed by atoms with van der Waals surface area (Å²) in [6, 6.07) is 3.84. The molecule has 0 unspecified atom stereocenters. The number of carbonyl (C=O) groups is 1. The summed E-state index contributed by atoms with van der Waals surface area (Å²) < 4.78 is 0. The Kier molecular flexibility index (Phi) is 3.55. The second-order valence-electron chi connectivity index (χ2n) is 3.59. The minimum atomic E-state index is -0.800. The van der Waals surface area contributed by atoms with Crippen molar-refractivity contribution in [1.29, 1.82) is 0 Å². The van der Waals surface area contributed by atoms with Gasteiger partial charge in [0.15, 0.2) is 0 Å². The Morgan fingerprint density at radius 2 is 1.93 bits per heavy atom. The van der Waals surface area contributed by atoms with E-state index in [4.69, 9.17) is 10.8 Å². The number of rotatable bonds is 4. The zero-order chi connectivity index (χ0) is 11.4. The van der Waals surface area contributed by atoms with Crippen molar-refractivity contribution in [3.8, 4) is 0 Å². The van der Waals surface area contributed by atoms with Gasteiger partial charge in [-0.3, -0.25) is 4.79 Å². The van der Waals surface area contributed by atoms with Gasteiger partial charge in [-0.15, -0.1) is 0 Å². The monoisotopic (exact) mass is 208 g/mol. The lowest BCUT2D eigenvalue weighted by Crippen LogP contribution is -2.08. The molecule has 15 heavy (non-hydrogen) atoms. The smallest absolute Gasteiger partial charge is 0.305 e. The number of anilines is 2. The van der Waals surface area contributed by atoms with Crippen molar-refractivity contribution in [2.45, 2.75) is 20.3 Å². The Morgan fingerprint density at radius 1 is 1.40 bits per heavy atom. The molecule has 0 radical (unpaired) electrons. The molecular weight excluding hydrogens is 192 g/mol. The lowest BCUT2D eigenvalue weighted by Gasteiger charge is -2.10. The fourth-order valence-electron chi connectivity index (χ4n) is 1.39. The van der Waals surface area contributed by atoms with Gasteiger partial charge in [-0.05, 0) is 37.1 Å². The minimum absolute atomic E-state index is 0.114. The van der Waals surface area contributed by atoms with Gasteiger partial charge in [0.05, 0.1) is 6.42 Å². The second kappa shape index (κ2) is 4.68. The van der Waals surface area contributed by atoms with Crippen molar-refractivity contribution >= 4 is 17.3 Å². The maximum Gasteiger partial charge on any atom is 0.305 e. The molecule has 82 valence electrons. The van der Waals surface area contributed by atoms with E-state index in [-0.39, 0.29) is 6.42 Å². The summed E-state index contributed by atoms with van der Waals surface area (Å²) in [7, 11) is 0. The maximum atomic E-state index is 10.3. The van der Waals surface area contributed by atoms with Crippen LogP contribution in [0.25, 0.3) is 0 Å². The number of aliphatic carboxylic acids is 1. The average molecular weight is 208 g/mol. The standard InChI is InChI=1S/C11H16N2O2/c1-7-5-9(6-8(2)11(7)12)13-4-3-10(14)15/h5-6,13H,3-4,12H2,1-2H3,(H,14,15). The molecule has 0 spiro atoms. The van der Waals surface area contributed by atoms with Gasteiger partial charge in [0.25, 0.3) is 0 Å². The van der Waals surface area contributed by atoms with Crippen LogP contribution in [-0.2, 0) is 4.79 Å². The van der Waals surface area contributed by atoms with E-state index in [1.165, 1.54) is 0 Å². The van der Waals surface area contributed by atoms with Gasteiger partial charge < -0.3 is 16.2 Å². The number of aryl methyl sites for hydroxylation is 2. The van der Waals surface area contributed by atoms with Gasteiger partial charge in [0.2, 0.25) is 0 Å². The molecule has 0 fully saturated rings. The van der Waals surface area contributed by atoms with Crippen LogP contribution in [0.5, 0.6) is 0 Å². The third kappa shape index (κ3) is 3.16. The molecule has 0 aromatic heterocycles. The summed E-state index contributed by atoms with van der Waals surface area (Å²) in [5.74, 6) is -0.800. The van der Waals surface area contributed by atoms with Crippen LogP contribution in [0.4, 0.5) is 11.4 Å². The summed E-state index contributed by atoms with van der Waals surface area (Å²) in [4.78, 5) is 10.3. The van der Waals surface area contributed by atoms with E-state index in [1.54, 1.807) is 0 Å². The number of carboxylic acid groups (broad SMARTS) is 1. The fraction of sp³-hybridized carbons (Fsp3) is 0.364. The lowest BCUT2D eigenvalue weighted by atomic mass is 10.1. The van der Waals surface area contributed by atoms with E-state index in [2.05, 4.69) is 5.32 Å². The molecule has 4 heteroatoms. The number of nitrogens with one attached hydrogen (secondary N) is 1. The number of benzene rings is 1. The first-order valence-electron chi connectivity index (χ1n) is 4.83. The van der Waals surface area contributed by atoms with Crippen LogP contribution in [0.1, 0.15) is 17.5 Å². The first kappa shape index (κ1) is 11.4. The van der Waals surface area contributed by atoms with Crippen molar-refractivity contribution in [2.75, 3.05) is 17.6 Å². The Labute approximate surface area is 89.1 Å². The number of nitrogen functional groups attached to an aromatic ring is 1. The fourth-order valence-corrected chi connectivity index (χ4v) is 1.39. The van der Waals surface area contributed by atoms with Crippen molar-refractivity contribution in [3.05, 3.63) is 23.3 Å². The summed E-state index contributed by atoms with van der Waals surface area (Å²) in [6.07, 6.45) is 0.114. The van der Waals surface area contributed by atoms with E-state index in [0.717, 1.165) is 22.5 Å². The molecule has 0 heterocycles. The Morgan fingerprint density at radius 3 is 2.40 bits per heavy atom. The van der Waals surface area contributed by atoms with E-state index >= 15 is 0 Å². The number of nitrogens with two attached hydrogens (primary N) is 1. The molecular formula is C11H16N2O2. The molecule has 1 aromatic carbocycles. The second-order valence-corrected chi connectivity index (χ2v) is 3.59. The molecule has 0 aliphatic rings. The first-order valence-corrected chi connectivity index (χ1v) is 4.83. The number of hydrogen-bond acceptors (Lipinski definition) is 3. The number of carboxylic acids is 1. The highest BCUT2D eigenvalue weighted by atomic mass is 16.4. The third-order valence-corrected chi connectivity index (χ3v) is 2.26. The molecule has 0 aliphatic heterocycles. The molecule has 4 nitrogen and oxygen atoms in total. The van der Waals surface area contributed by atoms with Crippen LogP contribution in [0.3, 0.4) is 0 Å². The van der Waals surface area contributed by atoms with Gasteiger partial charge in [-0.2, -0.15) is 0 Å². The van der Waals surface area contributed by atoms with Gasteiger partial charge >= 0.3 is 5.97 Å². The highest BCUT2D eigenvalue weighted by molar-refractivity contribution is 5.68. The van der Waals surface area contributed by atoms with Crippen LogP contribution in [0.15, 0.2) is 12.1 Å². The molecule has 0 saturated heterocycles. The topological polar surface area (TPSA) is 75.3 Å². The molecule has 0 aliphatic carbocycles. The van der Waals surface area contributed by atoms with E-state index in [0.29, 0.717) is 6.54 Å². The Balaban J connectivity index is 2.66. The third-order valence-electron chi connectivity index (χ3n) is 2.26. The highest BCUT2D eigenvalue weighted by Crippen LogP contribution is 2.21. The van der Waals surface area contributed by atoms with Gasteiger partial charge in [-0.25, -0.2) is 0 Å². The highest BCUT2D eigenvalue weighted by Gasteiger charge is 2.02. The maximum absolute atomic E-state index is 10.3. The molecule has 0 amide bonds. The summed E-state index contributed by atoms with van der Waals surface area (Å²) in [6.45, 7) is 4.30. The molecule has 0 atom stereocenters. The van der Waals surface area contributed by atoms with E-state index in [9.17, 15) is 4.79 Å². The van der Waals surface area contributed by atoms with Crippen molar-refractivity contribution < 1.29 is 9.90 Å². The van der Waals surface area contributed by atoms with E-state index in [1.807, 2.05) is 26.0 Å². The zero-order valence-electron chi connectivity index (χ0n) is 9.00. The summed E-state index contributed by atoms with van der Waals surface area (Å²) in [5.41, 5.74) is 9.53. The van der Waals surface area contributed by atoms with Crippen molar-refractivity contribution in [3.63, 3.8) is 0 Å². The van der Waals surface area contributed by atoms with Crippen LogP contribution >= 0.6 is 0 Å². The summed E-state index contributed by atoms with van der Waals surface area (Å²) in [5, 5.41) is 11.5. The average Bonchev–Trinajstić information content (AvgIpc) is 2.13. The molecule has 1 aromatic rings.